The Kier molecular flexibility index (Phi) is 5.47. The zero-order chi connectivity index (χ0) is 14.8. The zero-order valence-electron chi connectivity index (χ0n) is 10.4. The first-order valence-corrected chi connectivity index (χ1v) is 9.90. The fourth-order valence-corrected chi connectivity index (χ4v) is 6.03. The van der Waals surface area contributed by atoms with Crippen LogP contribution in [0.4, 0.5) is 10.1 Å². The predicted molar refractivity (Wildman–Crippen MR) is 84.6 cm³/mol. The molecule has 1 aliphatic rings. The second-order valence-electron chi connectivity index (χ2n) is 4.22. The Morgan fingerprint density at radius 2 is 2.20 bits per heavy atom. The molecule has 1 saturated heterocycles. The zero-order valence-corrected chi connectivity index (χ0v) is 13.6. The molecule has 1 fully saturated rings. The topological polar surface area (TPSA) is 72.2 Å². The molecule has 9 heteroatoms. The molecule has 4 nitrogen and oxygen atoms in total. The van der Waals surface area contributed by atoms with Crippen LogP contribution < -0.4 is 10.5 Å². The number of nitrogens with two attached hydrogens (primary N) is 1. The average molecular weight is 357 g/mol. The van der Waals surface area contributed by atoms with E-state index in [1.54, 1.807) is 23.5 Å². The van der Waals surface area contributed by atoms with Gasteiger partial charge in [-0.3, -0.25) is 0 Å². The monoisotopic (exact) mass is 356 g/mol. The Labute approximate surface area is 131 Å². The van der Waals surface area contributed by atoms with Gasteiger partial charge in [-0.1, -0.05) is 11.6 Å². The molecule has 2 rings (SSSR count). The van der Waals surface area contributed by atoms with Gasteiger partial charge in [-0.15, -0.1) is 0 Å². The van der Waals surface area contributed by atoms with Crippen molar-refractivity contribution in [3.05, 3.63) is 23.0 Å². The van der Waals surface area contributed by atoms with Crippen LogP contribution >= 0.6 is 35.1 Å². The molecular weight excluding hydrogens is 343 g/mol. The maximum absolute atomic E-state index is 13.2. The minimum Gasteiger partial charge on any atom is -0.396 e. The van der Waals surface area contributed by atoms with Crippen LogP contribution in [0.1, 0.15) is 0 Å². The van der Waals surface area contributed by atoms with Crippen molar-refractivity contribution >= 4 is 50.8 Å². The molecule has 1 heterocycles. The maximum atomic E-state index is 13.2. The number of hydrogen-bond donors (Lipinski definition) is 2. The fraction of sp³-hybridized carbons (Fsp3) is 0.455. The number of hydrogen-bond acceptors (Lipinski definition) is 5. The Bertz CT molecular complexity index is 592. The highest BCUT2D eigenvalue weighted by molar-refractivity contribution is 8.06. The normalized spacial score (nSPS) is 20.0. The fourth-order valence-electron chi connectivity index (χ4n) is 1.69. The molecule has 0 radical (unpaired) electrons. The first-order chi connectivity index (χ1) is 9.40. The van der Waals surface area contributed by atoms with Gasteiger partial charge in [0.25, 0.3) is 0 Å². The molecule has 1 aliphatic heterocycles. The summed E-state index contributed by atoms with van der Waals surface area (Å²) in [6.07, 6.45) is 0. The van der Waals surface area contributed by atoms with Crippen LogP contribution in [0.5, 0.6) is 0 Å². The molecule has 0 amide bonds. The lowest BCUT2D eigenvalue weighted by Crippen LogP contribution is -2.33. The molecule has 1 aromatic rings. The maximum Gasteiger partial charge on any atom is 0.242 e. The van der Waals surface area contributed by atoms with Crippen molar-refractivity contribution in [2.24, 2.45) is 0 Å². The molecule has 1 atom stereocenters. The second-order valence-corrected chi connectivity index (χ2v) is 8.92. The summed E-state index contributed by atoms with van der Waals surface area (Å²) in [5.41, 5.74) is 5.15. The van der Waals surface area contributed by atoms with Crippen LogP contribution in [-0.2, 0) is 10.0 Å². The van der Waals surface area contributed by atoms with Gasteiger partial charge in [-0.25, -0.2) is 17.5 Å². The number of nitrogen functional groups attached to an aromatic ring is 1. The van der Waals surface area contributed by atoms with Gasteiger partial charge in [0.1, 0.15) is 10.7 Å². The third-order valence-corrected chi connectivity index (χ3v) is 7.46. The van der Waals surface area contributed by atoms with Gasteiger partial charge >= 0.3 is 0 Å². The van der Waals surface area contributed by atoms with E-state index in [4.69, 9.17) is 17.3 Å². The molecule has 0 spiro atoms. The minimum absolute atomic E-state index is 0.171. The summed E-state index contributed by atoms with van der Waals surface area (Å²) >= 11 is 9.33. The highest BCUT2D eigenvalue weighted by atomic mass is 35.5. The molecule has 112 valence electrons. The van der Waals surface area contributed by atoms with Gasteiger partial charge in [0.2, 0.25) is 10.0 Å². The van der Waals surface area contributed by atoms with E-state index in [9.17, 15) is 12.8 Å². The summed E-state index contributed by atoms with van der Waals surface area (Å²) < 4.78 is 40.0. The third-order valence-electron chi connectivity index (χ3n) is 2.73. The van der Waals surface area contributed by atoms with E-state index in [2.05, 4.69) is 4.72 Å². The van der Waals surface area contributed by atoms with Crippen molar-refractivity contribution in [2.75, 3.05) is 29.5 Å². The van der Waals surface area contributed by atoms with Crippen LogP contribution in [0.25, 0.3) is 0 Å². The van der Waals surface area contributed by atoms with Crippen LogP contribution in [-0.4, -0.2) is 37.5 Å². The van der Waals surface area contributed by atoms with E-state index in [0.717, 1.165) is 29.4 Å². The van der Waals surface area contributed by atoms with E-state index in [-0.39, 0.29) is 20.9 Å². The summed E-state index contributed by atoms with van der Waals surface area (Å²) in [6.45, 7) is 0.327. The summed E-state index contributed by atoms with van der Waals surface area (Å²) in [4.78, 5) is -0.188. The number of sulfonamides is 1. The third kappa shape index (κ3) is 3.94. The van der Waals surface area contributed by atoms with E-state index < -0.39 is 15.8 Å². The Morgan fingerprint density at radius 3 is 2.85 bits per heavy atom. The van der Waals surface area contributed by atoms with Crippen molar-refractivity contribution in [3.8, 4) is 0 Å². The van der Waals surface area contributed by atoms with Gasteiger partial charge in [-0.05, 0) is 12.1 Å². The van der Waals surface area contributed by atoms with Gasteiger partial charge in [0.05, 0.1) is 10.7 Å². The molecule has 1 unspecified atom stereocenters. The molecule has 1 aromatic carbocycles. The number of nitrogens with one attached hydrogen (secondary N) is 1. The lowest BCUT2D eigenvalue weighted by atomic mass is 10.3. The molecule has 3 N–H and O–H groups in total. The highest BCUT2D eigenvalue weighted by Gasteiger charge is 2.22. The first-order valence-electron chi connectivity index (χ1n) is 5.83. The molecule has 0 saturated carbocycles. The lowest BCUT2D eigenvalue weighted by molar-refractivity contribution is 0.581. The number of rotatable bonds is 4. The van der Waals surface area contributed by atoms with E-state index >= 15 is 0 Å². The smallest absolute Gasteiger partial charge is 0.242 e. The molecule has 0 bridgehead atoms. The Morgan fingerprint density at radius 1 is 1.45 bits per heavy atom. The number of halogens is 2. The van der Waals surface area contributed by atoms with Gasteiger partial charge < -0.3 is 5.73 Å². The van der Waals surface area contributed by atoms with Crippen LogP contribution in [0.2, 0.25) is 5.02 Å². The van der Waals surface area contributed by atoms with Crippen molar-refractivity contribution in [1.82, 2.24) is 4.72 Å². The minimum atomic E-state index is -3.78. The van der Waals surface area contributed by atoms with Crippen molar-refractivity contribution in [3.63, 3.8) is 0 Å². The molecular formula is C11H14ClFN2O2S3. The summed E-state index contributed by atoms with van der Waals surface area (Å²) in [6, 6.07) is 1.96. The number of thioether (sulfide) groups is 2. The second kappa shape index (κ2) is 6.74. The molecule has 20 heavy (non-hydrogen) atoms. The number of anilines is 1. The standard InChI is InChI=1S/C11H14ClFN2O2S3/c12-8-3-9(13)10(14)4-11(8)20(16,17)15-5-7-6-18-1-2-19-7/h3-4,7,15H,1-2,5-6,14H2. The quantitative estimate of drug-likeness (QED) is 0.809. The lowest BCUT2D eigenvalue weighted by Gasteiger charge is -2.21. The largest absolute Gasteiger partial charge is 0.396 e. The van der Waals surface area contributed by atoms with Crippen molar-refractivity contribution in [1.29, 1.82) is 0 Å². The SMILES string of the molecule is Nc1cc(S(=O)(=O)NCC2CSCCS2)c(Cl)cc1F. The highest BCUT2D eigenvalue weighted by Crippen LogP contribution is 2.27. The van der Waals surface area contributed by atoms with Crippen LogP contribution in [0.15, 0.2) is 17.0 Å². The van der Waals surface area contributed by atoms with E-state index in [1.165, 1.54) is 0 Å². The molecule has 0 aliphatic carbocycles. The summed E-state index contributed by atoms with van der Waals surface area (Å²) in [7, 11) is -3.78. The van der Waals surface area contributed by atoms with Crippen LogP contribution in [0.3, 0.4) is 0 Å². The van der Waals surface area contributed by atoms with Gasteiger partial charge in [0, 0.05) is 29.1 Å². The van der Waals surface area contributed by atoms with Gasteiger partial charge in [-0.2, -0.15) is 23.5 Å². The van der Waals surface area contributed by atoms with Crippen molar-refractivity contribution in [2.45, 2.75) is 10.1 Å². The summed E-state index contributed by atoms with van der Waals surface area (Å²) in [5, 5.41) is 0.0648. The summed E-state index contributed by atoms with van der Waals surface area (Å²) in [5.74, 6) is 2.29. The van der Waals surface area contributed by atoms with E-state index in [0.29, 0.717) is 6.54 Å². The Hall–Kier alpha value is -0.150. The Balaban J connectivity index is 2.11. The van der Waals surface area contributed by atoms with E-state index in [1.807, 2.05) is 0 Å². The predicted octanol–water partition coefficient (Wildman–Crippen LogP) is 2.19. The average Bonchev–Trinajstić information content (AvgIpc) is 2.42. The van der Waals surface area contributed by atoms with Crippen LogP contribution in [0, 0.1) is 5.82 Å². The first kappa shape index (κ1) is 16.2. The van der Waals surface area contributed by atoms with Gasteiger partial charge in [0.15, 0.2) is 0 Å². The van der Waals surface area contributed by atoms with Crippen molar-refractivity contribution < 1.29 is 12.8 Å². The number of benzene rings is 1. The molecule has 0 aromatic heterocycles.